The van der Waals surface area contributed by atoms with Crippen LogP contribution in [0, 0.1) is 0 Å². The third-order valence-corrected chi connectivity index (χ3v) is 1.22. The van der Waals surface area contributed by atoms with Crippen LogP contribution in [0.4, 0.5) is 0 Å². The van der Waals surface area contributed by atoms with Crippen LogP contribution in [-0.2, 0) is 4.79 Å². The standard InChI is InChI=1S/C8H16N2O.C2H6/c1-4-9-5-6-10-8(11)7(2)3;1-2/h9H,2,4-6H2,1,3H3,(H,10,11);1-2H3. The molecule has 0 aromatic carbocycles. The zero-order valence-corrected chi connectivity index (χ0v) is 9.24. The quantitative estimate of drug-likeness (QED) is 0.502. The van der Waals surface area contributed by atoms with E-state index in [0.717, 1.165) is 13.1 Å². The van der Waals surface area contributed by atoms with E-state index in [0.29, 0.717) is 12.1 Å². The van der Waals surface area contributed by atoms with Crippen molar-refractivity contribution in [3.05, 3.63) is 12.2 Å². The molecule has 0 aliphatic carbocycles. The van der Waals surface area contributed by atoms with Gasteiger partial charge in [0.15, 0.2) is 0 Å². The second kappa shape index (κ2) is 11.2. The molecule has 0 aromatic heterocycles. The minimum absolute atomic E-state index is 0.0668. The maximum absolute atomic E-state index is 10.9. The fourth-order valence-electron chi connectivity index (χ4n) is 0.592. The molecule has 2 N–H and O–H groups in total. The van der Waals surface area contributed by atoms with Crippen LogP contribution in [0.25, 0.3) is 0 Å². The Morgan fingerprint density at radius 3 is 2.23 bits per heavy atom. The van der Waals surface area contributed by atoms with Crippen molar-refractivity contribution in [3.63, 3.8) is 0 Å². The van der Waals surface area contributed by atoms with E-state index >= 15 is 0 Å². The fraction of sp³-hybridized carbons (Fsp3) is 0.700. The second-order valence-electron chi connectivity index (χ2n) is 2.39. The predicted octanol–water partition coefficient (Wildman–Crippen LogP) is 1.31. The fourth-order valence-corrected chi connectivity index (χ4v) is 0.592. The summed E-state index contributed by atoms with van der Waals surface area (Å²) < 4.78 is 0. The molecule has 0 radical (unpaired) electrons. The minimum atomic E-state index is -0.0668. The molecule has 13 heavy (non-hydrogen) atoms. The molecule has 0 heterocycles. The molecule has 0 bridgehead atoms. The molecule has 0 saturated heterocycles. The normalized spacial score (nSPS) is 8.31. The lowest BCUT2D eigenvalue weighted by molar-refractivity contribution is -0.117. The molecule has 0 rings (SSSR count). The Labute approximate surface area is 81.6 Å². The van der Waals surface area contributed by atoms with E-state index in [1.165, 1.54) is 0 Å². The van der Waals surface area contributed by atoms with E-state index in [2.05, 4.69) is 17.2 Å². The third kappa shape index (κ3) is 11.2. The molecule has 0 saturated carbocycles. The first-order valence-corrected chi connectivity index (χ1v) is 4.83. The van der Waals surface area contributed by atoms with E-state index in [4.69, 9.17) is 0 Å². The van der Waals surface area contributed by atoms with Crippen molar-refractivity contribution in [2.24, 2.45) is 0 Å². The molecule has 0 atom stereocenters. The Balaban J connectivity index is 0. The van der Waals surface area contributed by atoms with E-state index in [1.54, 1.807) is 6.92 Å². The lowest BCUT2D eigenvalue weighted by Gasteiger charge is -2.03. The van der Waals surface area contributed by atoms with Crippen molar-refractivity contribution in [2.45, 2.75) is 27.7 Å². The highest BCUT2D eigenvalue weighted by molar-refractivity contribution is 5.92. The summed E-state index contributed by atoms with van der Waals surface area (Å²) in [5.41, 5.74) is 0.557. The van der Waals surface area contributed by atoms with Crippen LogP contribution >= 0.6 is 0 Å². The Morgan fingerprint density at radius 2 is 1.85 bits per heavy atom. The van der Waals surface area contributed by atoms with E-state index in [1.807, 2.05) is 20.8 Å². The summed E-state index contributed by atoms with van der Waals surface area (Å²) in [5.74, 6) is -0.0668. The average Bonchev–Trinajstić information content (AvgIpc) is 2.15. The summed E-state index contributed by atoms with van der Waals surface area (Å²) in [6.07, 6.45) is 0. The molecule has 1 amide bonds. The van der Waals surface area contributed by atoms with Gasteiger partial charge in [-0.05, 0) is 13.5 Å². The first-order chi connectivity index (χ1) is 6.18. The van der Waals surface area contributed by atoms with Crippen molar-refractivity contribution < 1.29 is 4.79 Å². The van der Waals surface area contributed by atoms with Gasteiger partial charge in [-0.3, -0.25) is 4.79 Å². The largest absolute Gasteiger partial charge is 0.351 e. The van der Waals surface area contributed by atoms with Gasteiger partial charge in [-0.2, -0.15) is 0 Å². The zero-order chi connectivity index (χ0) is 10.7. The average molecular weight is 186 g/mol. The number of rotatable bonds is 5. The van der Waals surface area contributed by atoms with Gasteiger partial charge in [-0.15, -0.1) is 0 Å². The summed E-state index contributed by atoms with van der Waals surface area (Å²) in [6.45, 7) is 13.7. The van der Waals surface area contributed by atoms with Crippen LogP contribution in [0.3, 0.4) is 0 Å². The van der Waals surface area contributed by atoms with Crippen LogP contribution in [0.1, 0.15) is 27.7 Å². The Bertz CT molecular complexity index is 144. The molecule has 3 nitrogen and oxygen atoms in total. The lowest BCUT2D eigenvalue weighted by atomic mass is 10.3. The number of carbonyl (C=O) groups is 1. The Kier molecular flexibility index (Phi) is 12.6. The van der Waals surface area contributed by atoms with E-state index in [9.17, 15) is 4.79 Å². The van der Waals surface area contributed by atoms with Crippen LogP contribution in [0.15, 0.2) is 12.2 Å². The molecule has 0 unspecified atom stereocenters. The van der Waals surface area contributed by atoms with Crippen molar-refractivity contribution in [1.29, 1.82) is 0 Å². The van der Waals surface area contributed by atoms with Crippen LogP contribution < -0.4 is 10.6 Å². The smallest absolute Gasteiger partial charge is 0.246 e. The molecule has 78 valence electrons. The SMILES string of the molecule is C=C(C)C(=O)NCCNCC.CC. The highest BCUT2D eigenvalue weighted by Crippen LogP contribution is 1.83. The lowest BCUT2D eigenvalue weighted by Crippen LogP contribution is -2.31. The van der Waals surface area contributed by atoms with Gasteiger partial charge in [0.1, 0.15) is 0 Å². The van der Waals surface area contributed by atoms with Crippen LogP contribution in [0.5, 0.6) is 0 Å². The van der Waals surface area contributed by atoms with Gasteiger partial charge in [0.25, 0.3) is 0 Å². The van der Waals surface area contributed by atoms with Crippen LogP contribution in [0.2, 0.25) is 0 Å². The first kappa shape index (κ1) is 14.7. The Morgan fingerprint density at radius 1 is 1.31 bits per heavy atom. The molecule has 0 fully saturated rings. The van der Waals surface area contributed by atoms with Gasteiger partial charge in [-0.25, -0.2) is 0 Å². The highest BCUT2D eigenvalue weighted by atomic mass is 16.1. The Hall–Kier alpha value is -0.830. The predicted molar refractivity (Wildman–Crippen MR) is 57.7 cm³/mol. The molecule has 0 aromatic rings. The van der Waals surface area contributed by atoms with Crippen molar-refractivity contribution in [3.8, 4) is 0 Å². The minimum Gasteiger partial charge on any atom is -0.351 e. The topological polar surface area (TPSA) is 41.1 Å². The molecule has 0 aliphatic heterocycles. The number of amides is 1. The molecule has 0 aliphatic rings. The maximum Gasteiger partial charge on any atom is 0.246 e. The van der Waals surface area contributed by atoms with Gasteiger partial charge in [0.2, 0.25) is 5.91 Å². The van der Waals surface area contributed by atoms with Crippen LogP contribution in [-0.4, -0.2) is 25.5 Å². The van der Waals surface area contributed by atoms with Crippen molar-refractivity contribution in [2.75, 3.05) is 19.6 Å². The molecular weight excluding hydrogens is 164 g/mol. The summed E-state index contributed by atoms with van der Waals surface area (Å²) in [7, 11) is 0. The van der Waals surface area contributed by atoms with Crippen molar-refractivity contribution in [1.82, 2.24) is 10.6 Å². The van der Waals surface area contributed by atoms with Gasteiger partial charge in [0.05, 0.1) is 0 Å². The zero-order valence-electron chi connectivity index (χ0n) is 9.24. The first-order valence-electron chi connectivity index (χ1n) is 4.83. The number of hydrogen-bond donors (Lipinski definition) is 2. The molecule has 3 heteroatoms. The number of hydrogen-bond acceptors (Lipinski definition) is 2. The van der Waals surface area contributed by atoms with Gasteiger partial charge in [0, 0.05) is 18.7 Å². The highest BCUT2D eigenvalue weighted by Gasteiger charge is 1.97. The van der Waals surface area contributed by atoms with E-state index < -0.39 is 0 Å². The number of likely N-dealkylation sites (N-methyl/N-ethyl adjacent to an activating group) is 1. The number of carbonyl (C=O) groups excluding carboxylic acids is 1. The summed E-state index contributed by atoms with van der Waals surface area (Å²) in [5, 5.41) is 5.81. The van der Waals surface area contributed by atoms with E-state index in [-0.39, 0.29) is 5.91 Å². The monoisotopic (exact) mass is 186 g/mol. The number of nitrogens with one attached hydrogen (secondary N) is 2. The van der Waals surface area contributed by atoms with Gasteiger partial charge >= 0.3 is 0 Å². The van der Waals surface area contributed by atoms with Gasteiger partial charge < -0.3 is 10.6 Å². The third-order valence-electron chi connectivity index (χ3n) is 1.22. The second-order valence-corrected chi connectivity index (χ2v) is 2.39. The molecule has 0 spiro atoms. The summed E-state index contributed by atoms with van der Waals surface area (Å²) in [6, 6.07) is 0. The maximum atomic E-state index is 10.9. The summed E-state index contributed by atoms with van der Waals surface area (Å²) >= 11 is 0. The van der Waals surface area contributed by atoms with Crippen molar-refractivity contribution >= 4 is 5.91 Å². The van der Waals surface area contributed by atoms with Gasteiger partial charge in [-0.1, -0.05) is 27.4 Å². The summed E-state index contributed by atoms with van der Waals surface area (Å²) in [4.78, 5) is 10.9. The molecular formula is C10H22N2O.